The van der Waals surface area contributed by atoms with Crippen molar-refractivity contribution in [2.75, 3.05) is 24.6 Å². The topological polar surface area (TPSA) is 17.1 Å². The van der Waals surface area contributed by atoms with Crippen LogP contribution in [0.25, 0.3) is 0 Å². The standard InChI is InChI=1S/C34H33OP3S2/c35-36(30-16-6-1-7-17-30,26-28-37(39,31-18-8-2-9-19-31)32-20-10-3-11-21-32)27-29-38(40,33-22-12-4-13-23-33)34-24-14-5-15-25-34/h1-25H,26-29H2. The van der Waals surface area contributed by atoms with Crippen molar-refractivity contribution in [3.05, 3.63) is 152 Å². The molecule has 5 aromatic rings. The van der Waals surface area contributed by atoms with E-state index in [4.69, 9.17) is 23.6 Å². The molecular formula is C34H33OP3S2. The summed E-state index contributed by atoms with van der Waals surface area (Å²) in [4.78, 5) is 0. The highest BCUT2D eigenvalue weighted by Gasteiger charge is 2.33. The van der Waals surface area contributed by atoms with Gasteiger partial charge in [-0.25, -0.2) is 0 Å². The Kier molecular flexibility index (Phi) is 9.53. The second kappa shape index (κ2) is 13.1. The van der Waals surface area contributed by atoms with Crippen molar-refractivity contribution >= 4 is 69.4 Å². The van der Waals surface area contributed by atoms with E-state index >= 15 is 4.57 Å². The minimum atomic E-state index is -2.82. The monoisotopic (exact) mass is 614 g/mol. The van der Waals surface area contributed by atoms with Crippen LogP contribution in [0, 0.1) is 0 Å². The van der Waals surface area contributed by atoms with Gasteiger partial charge in [0.1, 0.15) is 7.14 Å². The van der Waals surface area contributed by atoms with Gasteiger partial charge in [0.05, 0.1) is 0 Å². The Bertz CT molecular complexity index is 1470. The van der Waals surface area contributed by atoms with E-state index in [0.717, 1.165) is 5.30 Å². The minimum Gasteiger partial charge on any atom is -0.319 e. The van der Waals surface area contributed by atoms with Gasteiger partial charge in [-0.2, -0.15) is 0 Å². The lowest BCUT2D eigenvalue weighted by Crippen LogP contribution is -2.24. The fourth-order valence-electron chi connectivity index (χ4n) is 5.16. The summed E-state index contributed by atoms with van der Waals surface area (Å²) in [5.74, 6) is 0. The van der Waals surface area contributed by atoms with Crippen LogP contribution < -0.4 is 26.5 Å². The highest BCUT2D eigenvalue weighted by atomic mass is 32.4. The zero-order valence-corrected chi connectivity index (χ0v) is 26.6. The molecule has 5 aromatic carbocycles. The van der Waals surface area contributed by atoms with Crippen LogP contribution in [0.15, 0.2) is 152 Å². The molecule has 0 N–H and O–H groups in total. The largest absolute Gasteiger partial charge is 0.319 e. The number of hydrogen-bond donors (Lipinski definition) is 0. The van der Waals surface area contributed by atoms with Gasteiger partial charge in [0, 0.05) is 29.7 Å². The fourth-order valence-corrected chi connectivity index (χ4v) is 18.6. The molecule has 0 fully saturated rings. The van der Waals surface area contributed by atoms with Crippen molar-refractivity contribution < 1.29 is 4.57 Å². The number of hydrogen-bond acceptors (Lipinski definition) is 3. The Balaban J connectivity index is 1.52. The summed E-state index contributed by atoms with van der Waals surface area (Å²) in [6, 6.07) is 47.5. The summed E-state index contributed by atoms with van der Waals surface area (Å²) in [5.41, 5.74) is 0. The number of benzene rings is 5. The van der Waals surface area contributed by atoms with Gasteiger partial charge in [0.15, 0.2) is 0 Å². The van der Waals surface area contributed by atoms with Crippen LogP contribution in [0.1, 0.15) is 0 Å². The molecule has 6 heteroatoms. The lowest BCUT2D eigenvalue weighted by molar-refractivity contribution is 0.583. The summed E-state index contributed by atoms with van der Waals surface area (Å²) < 4.78 is 15.2. The Morgan fingerprint density at radius 1 is 0.350 bits per heavy atom. The van der Waals surface area contributed by atoms with Crippen LogP contribution in [0.4, 0.5) is 0 Å². The molecule has 0 atom stereocenters. The molecule has 5 rings (SSSR count). The first-order valence-corrected chi connectivity index (χ1v) is 21.5. The molecule has 0 heterocycles. The Labute approximate surface area is 249 Å². The van der Waals surface area contributed by atoms with Gasteiger partial charge in [0.2, 0.25) is 0 Å². The van der Waals surface area contributed by atoms with Crippen molar-refractivity contribution in [2.45, 2.75) is 0 Å². The maximum Gasteiger partial charge on any atom is 0.116 e. The van der Waals surface area contributed by atoms with Crippen molar-refractivity contribution in [1.82, 2.24) is 0 Å². The van der Waals surface area contributed by atoms with Crippen molar-refractivity contribution in [3.63, 3.8) is 0 Å². The first-order valence-electron chi connectivity index (χ1n) is 13.5. The molecule has 0 aromatic heterocycles. The molecule has 40 heavy (non-hydrogen) atoms. The molecule has 0 aliphatic heterocycles. The maximum atomic E-state index is 15.2. The highest BCUT2D eigenvalue weighted by molar-refractivity contribution is 8.22. The van der Waals surface area contributed by atoms with Gasteiger partial charge in [-0.05, 0) is 33.5 Å². The van der Waals surface area contributed by atoms with Crippen molar-refractivity contribution in [1.29, 1.82) is 0 Å². The van der Waals surface area contributed by atoms with Gasteiger partial charge in [0.25, 0.3) is 0 Å². The average molecular weight is 615 g/mol. The highest BCUT2D eigenvalue weighted by Crippen LogP contribution is 2.55. The van der Waals surface area contributed by atoms with Crippen LogP contribution in [-0.2, 0) is 28.2 Å². The molecule has 0 aliphatic carbocycles. The summed E-state index contributed by atoms with van der Waals surface area (Å²) in [5, 5.41) is 5.63. The SMILES string of the molecule is O=P(CCP(=S)(c1ccccc1)c1ccccc1)(CCP(=S)(c1ccccc1)c1ccccc1)c1ccccc1. The fraction of sp³-hybridized carbons (Fsp3) is 0.118. The lowest BCUT2D eigenvalue weighted by atomic mass is 10.4. The van der Waals surface area contributed by atoms with Gasteiger partial charge >= 0.3 is 0 Å². The van der Waals surface area contributed by atoms with Gasteiger partial charge in [-0.1, -0.05) is 175 Å². The number of rotatable bonds is 11. The van der Waals surface area contributed by atoms with Crippen LogP contribution in [0.3, 0.4) is 0 Å². The third-order valence-electron chi connectivity index (χ3n) is 7.47. The van der Waals surface area contributed by atoms with E-state index in [9.17, 15) is 0 Å². The van der Waals surface area contributed by atoms with Crippen molar-refractivity contribution in [2.24, 2.45) is 0 Å². The lowest BCUT2D eigenvalue weighted by Gasteiger charge is -2.29. The molecule has 0 spiro atoms. The molecule has 202 valence electrons. The first kappa shape index (κ1) is 29.1. The van der Waals surface area contributed by atoms with E-state index in [-0.39, 0.29) is 0 Å². The Morgan fingerprint density at radius 2 is 0.575 bits per heavy atom. The van der Waals surface area contributed by atoms with Gasteiger partial charge in [-0.15, -0.1) is 0 Å². The summed E-state index contributed by atoms with van der Waals surface area (Å²) in [6.45, 7) is 0. The van der Waals surface area contributed by atoms with Crippen molar-refractivity contribution in [3.8, 4) is 0 Å². The molecule has 0 radical (unpaired) electrons. The summed E-state index contributed by atoms with van der Waals surface area (Å²) >= 11 is 13.1. The molecule has 0 saturated heterocycles. The smallest absolute Gasteiger partial charge is 0.116 e. The quantitative estimate of drug-likeness (QED) is 0.150. The van der Waals surface area contributed by atoms with Crippen LogP contribution in [0.5, 0.6) is 0 Å². The molecule has 1 nitrogen and oxygen atoms in total. The molecular weight excluding hydrogens is 581 g/mol. The molecule has 0 unspecified atom stereocenters. The van der Waals surface area contributed by atoms with Crippen LogP contribution in [-0.4, -0.2) is 24.6 Å². The van der Waals surface area contributed by atoms with E-state index in [1.54, 1.807) is 0 Å². The van der Waals surface area contributed by atoms with Gasteiger partial charge < -0.3 is 4.57 Å². The third kappa shape index (κ3) is 6.41. The summed E-state index contributed by atoms with van der Waals surface area (Å²) in [6.07, 6.45) is 2.55. The van der Waals surface area contributed by atoms with E-state index < -0.39 is 19.2 Å². The average Bonchev–Trinajstić information content (AvgIpc) is 3.04. The van der Waals surface area contributed by atoms with Crippen LogP contribution >= 0.6 is 19.2 Å². The first-order chi connectivity index (χ1) is 19.4. The van der Waals surface area contributed by atoms with E-state index in [2.05, 4.69) is 97.1 Å². The molecule has 0 saturated carbocycles. The van der Waals surface area contributed by atoms with Crippen LogP contribution in [0.2, 0.25) is 0 Å². The third-order valence-corrected chi connectivity index (χ3v) is 21.2. The van der Waals surface area contributed by atoms with Gasteiger partial charge in [-0.3, -0.25) is 0 Å². The predicted octanol–water partition coefficient (Wildman–Crippen LogP) is 6.94. The minimum absolute atomic E-state index is 0.566. The summed E-state index contributed by atoms with van der Waals surface area (Å²) in [7, 11) is -2.82. The Morgan fingerprint density at radius 3 is 0.825 bits per heavy atom. The predicted molar refractivity (Wildman–Crippen MR) is 186 cm³/mol. The maximum absolute atomic E-state index is 15.2. The van der Waals surface area contributed by atoms with E-state index in [1.165, 1.54) is 21.2 Å². The Hall–Kier alpha value is -2.37. The van der Waals surface area contributed by atoms with E-state index in [0.29, 0.717) is 24.6 Å². The second-order valence-corrected chi connectivity index (χ2v) is 22.8. The normalized spacial score (nSPS) is 12.2. The second-order valence-electron chi connectivity index (χ2n) is 9.94. The zero-order chi connectivity index (χ0) is 27.9. The molecule has 0 bridgehead atoms. The molecule has 0 aliphatic rings. The molecule has 0 amide bonds. The van der Waals surface area contributed by atoms with E-state index in [1.807, 2.05) is 54.6 Å². The zero-order valence-electron chi connectivity index (χ0n) is 22.3.